The first-order valence-corrected chi connectivity index (χ1v) is 13.5. The van der Waals surface area contributed by atoms with Crippen LogP contribution in [0, 0.1) is 6.07 Å². The van der Waals surface area contributed by atoms with Crippen LogP contribution in [0.2, 0.25) is 0 Å². The van der Waals surface area contributed by atoms with Gasteiger partial charge in [-0.15, -0.1) is 52.2 Å². The van der Waals surface area contributed by atoms with Crippen molar-refractivity contribution in [1.82, 2.24) is 9.97 Å². The second-order valence-corrected chi connectivity index (χ2v) is 12.5. The molecule has 0 fully saturated rings. The minimum absolute atomic E-state index is 0. The Labute approximate surface area is 252 Å². The summed E-state index contributed by atoms with van der Waals surface area (Å²) in [6.07, 6.45) is 0. The number of para-hydroxylation sites is 2. The summed E-state index contributed by atoms with van der Waals surface area (Å²) in [6.45, 7) is 13.2. The van der Waals surface area contributed by atoms with Gasteiger partial charge >= 0.3 is 22.4 Å². The van der Waals surface area contributed by atoms with Gasteiger partial charge in [0, 0.05) is 5.56 Å². The molecule has 40 heavy (non-hydrogen) atoms. The number of hydrogen-bond donors (Lipinski definition) is 1. The molecule has 2 aromatic heterocycles. The average molecular weight is 707 g/mol. The largest absolute Gasteiger partial charge is 3.00 e. The summed E-state index contributed by atoms with van der Waals surface area (Å²) in [5, 5.41) is 12.9. The van der Waals surface area contributed by atoms with Gasteiger partial charge in [0.25, 0.3) is 0 Å². The Morgan fingerprint density at radius 1 is 0.600 bits per heavy atom. The first kappa shape index (κ1) is 28.0. The molecule has 0 atom stereocenters. The summed E-state index contributed by atoms with van der Waals surface area (Å²) in [5.74, 6) is 0.241. The van der Waals surface area contributed by atoms with Crippen LogP contribution in [0.3, 0.4) is 0 Å². The van der Waals surface area contributed by atoms with E-state index in [1.807, 2.05) is 24.3 Å². The van der Waals surface area contributed by atoms with Crippen molar-refractivity contribution in [2.24, 2.45) is 0 Å². The maximum atomic E-state index is 10.8. The topological polar surface area (TPSA) is 48.4 Å². The summed E-state index contributed by atoms with van der Waals surface area (Å²) in [5.41, 5.74) is 9.64. The van der Waals surface area contributed by atoms with Crippen LogP contribution in [0.5, 0.6) is 5.75 Å². The van der Waals surface area contributed by atoms with E-state index >= 15 is 0 Å². The maximum absolute atomic E-state index is 10.8. The van der Waals surface area contributed by atoms with E-state index in [1.165, 1.54) is 5.56 Å². The fraction of sp³-hybridized carbons (Fsp3) is 0.222. The van der Waals surface area contributed by atoms with Crippen LogP contribution in [-0.4, -0.2) is 5.11 Å². The summed E-state index contributed by atoms with van der Waals surface area (Å²) in [4.78, 5) is 9.99. The van der Waals surface area contributed by atoms with Crippen molar-refractivity contribution in [3.63, 3.8) is 0 Å². The number of aromatic hydroxyl groups is 1. The fourth-order valence-electron chi connectivity index (χ4n) is 5.11. The fourth-order valence-corrected chi connectivity index (χ4v) is 5.11. The van der Waals surface area contributed by atoms with E-state index in [2.05, 4.69) is 102 Å². The molecule has 4 heteroatoms. The third-order valence-corrected chi connectivity index (χ3v) is 7.50. The van der Waals surface area contributed by atoms with E-state index < -0.39 is 0 Å². The van der Waals surface area contributed by atoms with E-state index in [4.69, 9.17) is 9.97 Å². The van der Waals surface area contributed by atoms with Crippen LogP contribution in [0.25, 0.3) is 55.4 Å². The van der Waals surface area contributed by atoms with Crippen molar-refractivity contribution in [3.8, 4) is 39.4 Å². The summed E-state index contributed by atoms with van der Waals surface area (Å²) in [6, 6.07) is 32.6. The third kappa shape index (κ3) is 5.17. The molecule has 6 aromatic rings. The number of hydrogen-bond acceptors (Lipinski definition) is 1. The molecule has 6 rings (SSSR count). The number of phenolic OH excluding ortho intramolecular Hbond substituents is 1. The Morgan fingerprint density at radius 3 is 2.00 bits per heavy atom. The zero-order valence-electron chi connectivity index (χ0n) is 23.7. The number of fused-ring (bicyclic) bond motifs is 2. The molecule has 0 bridgehead atoms. The molecular formula is C36H33AuN2O. The predicted octanol–water partition coefficient (Wildman–Crippen LogP) is 9.01. The van der Waals surface area contributed by atoms with Crippen molar-refractivity contribution in [1.29, 1.82) is 0 Å². The van der Waals surface area contributed by atoms with Gasteiger partial charge in [-0.1, -0.05) is 102 Å². The second-order valence-electron chi connectivity index (χ2n) is 12.5. The van der Waals surface area contributed by atoms with E-state index in [0.717, 1.165) is 61.0 Å². The minimum atomic E-state index is -0.0533. The second kappa shape index (κ2) is 10.2. The zero-order chi connectivity index (χ0) is 27.5. The quantitative estimate of drug-likeness (QED) is 0.148. The first-order chi connectivity index (χ1) is 18.5. The maximum Gasteiger partial charge on any atom is 3.00 e. The van der Waals surface area contributed by atoms with Crippen molar-refractivity contribution < 1.29 is 27.5 Å². The Balaban J connectivity index is 0.00000323. The van der Waals surface area contributed by atoms with Gasteiger partial charge in [-0.3, -0.25) is 0 Å². The van der Waals surface area contributed by atoms with E-state index in [0.29, 0.717) is 0 Å². The molecule has 0 aliphatic rings. The number of benzene rings is 4. The molecule has 0 spiro atoms. The Morgan fingerprint density at radius 2 is 1.27 bits per heavy atom. The molecule has 1 N–H and O–H groups in total. The van der Waals surface area contributed by atoms with Gasteiger partial charge in [0.15, 0.2) is 0 Å². The van der Waals surface area contributed by atoms with Crippen LogP contribution >= 0.6 is 0 Å². The van der Waals surface area contributed by atoms with E-state index in [9.17, 15) is 5.11 Å². The standard InChI is InChI=1S/C36H33N2O.Au/c1-35(2,3)26-14-15-33(39)29(21-26)32-20-23-11-9-12-28(34(23)38-32)24-16-25(18-27(17-24)36(4,5)6)31-19-22-10-7-8-13-30(22)37-31;/h7-15,17-21,39H,1-6H3;/q-3;+3. The number of nitrogens with zero attached hydrogens (tertiary/aromatic N) is 2. The predicted molar refractivity (Wildman–Crippen MR) is 162 cm³/mol. The zero-order valence-corrected chi connectivity index (χ0v) is 25.9. The molecule has 3 nitrogen and oxygen atoms in total. The summed E-state index contributed by atoms with van der Waals surface area (Å²) in [7, 11) is 0. The third-order valence-electron chi connectivity index (χ3n) is 7.50. The normalized spacial score (nSPS) is 12.2. The Bertz CT molecular complexity index is 1810. The summed E-state index contributed by atoms with van der Waals surface area (Å²) < 4.78 is 0. The monoisotopic (exact) mass is 706 g/mol. The van der Waals surface area contributed by atoms with Crippen molar-refractivity contribution >= 4 is 21.8 Å². The molecule has 0 saturated carbocycles. The molecule has 0 saturated heterocycles. The average Bonchev–Trinajstić information content (AvgIpc) is 3.52. The molecule has 2 heterocycles. The van der Waals surface area contributed by atoms with Gasteiger partial charge in [0.1, 0.15) is 5.75 Å². The summed E-state index contributed by atoms with van der Waals surface area (Å²) >= 11 is 0. The molecule has 0 aliphatic heterocycles. The van der Waals surface area contributed by atoms with Gasteiger partial charge < -0.3 is 15.1 Å². The molecule has 0 unspecified atom stereocenters. The number of phenols is 1. The van der Waals surface area contributed by atoms with Crippen LogP contribution in [0.4, 0.5) is 0 Å². The molecule has 204 valence electrons. The van der Waals surface area contributed by atoms with Crippen LogP contribution in [0.15, 0.2) is 84.9 Å². The molecule has 0 radical (unpaired) electrons. The van der Waals surface area contributed by atoms with Gasteiger partial charge in [-0.25, -0.2) is 0 Å². The molecular weight excluding hydrogens is 673 g/mol. The first-order valence-electron chi connectivity index (χ1n) is 13.5. The molecule has 0 aliphatic carbocycles. The van der Waals surface area contributed by atoms with Crippen molar-refractivity contribution in [2.75, 3.05) is 0 Å². The number of aromatic nitrogens is 2. The van der Waals surface area contributed by atoms with Gasteiger partial charge in [0.2, 0.25) is 0 Å². The van der Waals surface area contributed by atoms with Crippen LogP contribution < -0.4 is 9.97 Å². The van der Waals surface area contributed by atoms with Crippen LogP contribution in [-0.2, 0) is 33.2 Å². The Hall–Kier alpha value is -3.50. The molecule has 4 aromatic carbocycles. The molecule has 0 amide bonds. The van der Waals surface area contributed by atoms with Gasteiger partial charge in [0.05, 0.1) is 0 Å². The van der Waals surface area contributed by atoms with Gasteiger partial charge in [-0.2, -0.15) is 11.2 Å². The Kier molecular flexibility index (Phi) is 7.12. The van der Waals surface area contributed by atoms with Gasteiger partial charge in [-0.05, 0) is 39.3 Å². The van der Waals surface area contributed by atoms with Crippen molar-refractivity contribution in [2.45, 2.75) is 52.4 Å². The van der Waals surface area contributed by atoms with E-state index in [-0.39, 0.29) is 39.0 Å². The number of rotatable bonds is 3. The van der Waals surface area contributed by atoms with E-state index in [1.54, 1.807) is 6.07 Å². The van der Waals surface area contributed by atoms with Crippen LogP contribution in [0.1, 0.15) is 52.7 Å². The SMILES string of the molecule is CC(C)(C)c1cc(-c2cc3ccccc3[n-]2)[c-]c(-c2cccc3cc(-c4cc(C(C)(C)C)ccc4O)[n-]c23)c1.[Au+3]. The smallest absolute Gasteiger partial charge is 0.692 e. The van der Waals surface area contributed by atoms with Crippen molar-refractivity contribution in [3.05, 3.63) is 102 Å². The minimum Gasteiger partial charge on any atom is -0.692 e.